The summed E-state index contributed by atoms with van der Waals surface area (Å²) in [5.41, 5.74) is 6.81. The standard InChI is InChI=1S/C18H28NO3/c1-2-3-4-5-6-7-8-9-13-21-16-11-10-12-17(14-16)22-15-18(19)20/h10-12,14,19H,2-9,13,15H2,1H3. The van der Waals surface area contributed by atoms with Gasteiger partial charge in [-0.15, -0.1) is 0 Å². The molecule has 0 bridgehead atoms. The minimum atomic E-state index is -0.731. The van der Waals surface area contributed by atoms with Crippen LogP contribution < -0.4 is 15.2 Å². The van der Waals surface area contributed by atoms with E-state index >= 15 is 0 Å². The number of hydrogen-bond donors (Lipinski definition) is 0. The summed E-state index contributed by atoms with van der Waals surface area (Å²) in [6, 6.07) is 7.22. The van der Waals surface area contributed by atoms with Crippen molar-refractivity contribution in [2.75, 3.05) is 13.2 Å². The van der Waals surface area contributed by atoms with Gasteiger partial charge < -0.3 is 9.47 Å². The van der Waals surface area contributed by atoms with Gasteiger partial charge in [-0.1, -0.05) is 57.9 Å². The van der Waals surface area contributed by atoms with Gasteiger partial charge in [0.25, 0.3) is 5.91 Å². The second kappa shape index (κ2) is 11.9. The molecule has 0 unspecified atom stereocenters. The molecule has 0 spiro atoms. The molecule has 4 heteroatoms. The van der Waals surface area contributed by atoms with Crippen LogP contribution in [-0.4, -0.2) is 19.1 Å². The predicted molar refractivity (Wildman–Crippen MR) is 88.1 cm³/mol. The zero-order valence-electron chi connectivity index (χ0n) is 13.6. The van der Waals surface area contributed by atoms with Crippen LogP contribution in [0.25, 0.3) is 0 Å². The van der Waals surface area contributed by atoms with Crippen molar-refractivity contribution in [3.8, 4) is 11.5 Å². The Morgan fingerprint density at radius 2 is 1.55 bits per heavy atom. The fourth-order valence-corrected chi connectivity index (χ4v) is 2.23. The predicted octanol–water partition coefficient (Wildman–Crippen LogP) is 4.39. The maximum Gasteiger partial charge on any atom is 0.276 e. The van der Waals surface area contributed by atoms with Crippen molar-refractivity contribution in [2.45, 2.75) is 58.3 Å². The molecule has 0 aromatic heterocycles. The lowest BCUT2D eigenvalue weighted by Gasteiger charge is -2.08. The fraction of sp³-hybridized carbons (Fsp3) is 0.611. The molecule has 1 N–H and O–H groups in total. The summed E-state index contributed by atoms with van der Waals surface area (Å²) in [7, 11) is 0. The maximum atomic E-state index is 10.6. The van der Waals surface area contributed by atoms with Gasteiger partial charge in [-0.2, -0.15) is 0 Å². The Morgan fingerprint density at radius 1 is 0.955 bits per heavy atom. The first-order valence-electron chi connectivity index (χ1n) is 8.32. The molecule has 0 saturated carbocycles. The van der Waals surface area contributed by atoms with Crippen molar-refractivity contribution in [2.24, 2.45) is 0 Å². The number of carbonyl (C=O) groups excluding carboxylic acids is 1. The van der Waals surface area contributed by atoms with Crippen LogP contribution in [-0.2, 0) is 4.79 Å². The third kappa shape index (κ3) is 9.27. The van der Waals surface area contributed by atoms with E-state index in [0.717, 1.165) is 12.2 Å². The third-order valence-corrected chi connectivity index (χ3v) is 3.44. The molecule has 1 radical (unpaired) electrons. The van der Waals surface area contributed by atoms with E-state index in [-0.39, 0.29) is 6.61 Å². The van der Waals surface area contributed by atoms with E-state index in [2.05, 4.69) is 6.92 Å². The molecule has 1 aromatic rings. The van der Waals surface area contributed by atoms with Crippen LogP contribution in [0.1, 0.15) is 58.3 Å². The Kier molecular flexibility index (Phi) is 9.92. The van der Waals surface area contributed by atoms with Gasteiger partial charge in [0, 0.05) is 6.07 Å². The van der Waals surface area contributed by atoms with Crippen LogP contribution in [0.5, 0.6) is 11.5 Å². The molecule has 1 amide bonds. The minimum Gasteiger partial charge on any atom is -0.493 e. The first-order chi connectivity index (χ1) is 10.7. The Bertz CT molecular complexity index is 421. The lowest BCUT2D eigenvalue weighted by Crippen LogP contribution is -2.11. The van der Waals surface area contributed by atoms with Crippen LogP contribution in [0.4, 0.5) is 0 Å². The Balaban J connectivity index is 2.09. The van der Waals surface area contributed by atoms with E-state index in [1.54, 1.807) is 12.1 Å². The normalized spacial score (nSPS) is 10.4. The Hall–Kier alpha value is -1.71. The summed E-state index contributed by atoms with van der Waals surface area (Å²) in [5.74, 6) is 0.581. The largest absolute Gasteiger partial charge is 0.493 e. The number of nitrogens with one attached hydrogen (secondary N) is 1. The lowest BCUT2D eigenvalue weighted by molar-refractivity contribution is -0.120. The number of ether oxygens (including phenoxy) is 2. The van der Waals surface area contributed by atoms with Crippen molar-refractivity contribution in [3.05, 3.63) is 24.3 Å². The number of benzene rings is 1. The van der Waals surface area contributed by atoms with Gasteiger partial charge in [0.1, 0.15) is 11.5 Å². The number of hydrogen-bond acceptors (Lipinski definition) is 3. The van der Waals surface area contributed by atoms with Crippen LogP contribution >= 0.6 is 0 Å². The van der Waals surface area contributed by atoms with Gasteiger partial charge in [0.15, 0.2) is 6.61 Å². The number of unbranched alkanes of at least 4 members (excludes halogenated alkanes) is 7. The fourth-order valence-electron chi connectivity index (χ4n) is 2.23. The summed E-state index contributed by atoms with van der Waals surface area (Å²) in [6.07, 6.45) is 10.2. The number of carbonyl (C=O) groups is 1. The molecule has 0 atom stereocenters. The van der Waals surface area contributed by atoms with Crippen LogP contribution in [0.3, 0.4) is 0 Å². The second-order valence-electron chi connectivity index (χ2n) is 5.51. The molecule has 0 aliphatic rings. The van der Waals surface area contributed by atoms with E-state index in [4.69, 9.17) is 15.2 Å². The molecule has 1 rings (SSSR count). The Labute approximate surface area is 134 Å². The molecule has 22 heavy (non-hydrogen) atoms. The van der Waals surface area contributed by atoms with E-state index in [1.807, 2.05) is 12.1 Å². The minimum absolute atomic E-state index is 0.221. The van der Waals surface area contributed by atoms with E-state index in [9.17, 15) is 4.79 Å². The van der Waals surface area contributed by atoms with E-state index < -0.39 is 5.91 Å². The van der Waals surface area contributed by atoms with Crippen molar-refractivity contribution in [1.29, 1.82) is 0 Å². The molecular formula is C18H28NO3. The highest BCUT2D eigenvalue weighted by molar-refractivity contribution is 5.74. The molecule has 0 aliphatic carbocycles. The van der Waals surface area contributed by atoms with Crippen LogP contribution in [0.2, 0.25) is 0 Å². The van der Waals surface area contributed by atoms with Crippen LogP contribution in [0, 0.1) is 0 Å². The first kappa shape index (κ1) is 18.3. The smallest absolute Gasteiger partial charge is 0.276 e. The average molecular weight is 306 g/mol. The summed E-state index contributed by atoms with van der Waals surface area (Å²) in [5, 5.41) is 0. The van der Waals surface area contributed by atoms with Crippen molar-refractivity contribution in [1.82, 2.24) is 5.73 Å². The molecular weight excluding hydrogens is 278 g/mol. The van der Waals surface area contributed by atoms with E-state index in [1.165, 1.54) is 44.9 Å². The van der Waals surface area contributed by atoms with Gasteiger partial charge in [-0.25, -0.2) is 0 Å². The molecule has 4 nitrogen and oxygen atoms in total. The Morgan fingerprint density at radius 3 is 2.18 bits per heavy atom. The van der Waals surface area contributed by atoms with Gasteiger partial charge in [0.05, 0.1) is 6.61 Å². The average Bonchev–Trinajstić information content (AvgIpc) is 2.52. The molecule has 123 valence electrons. The molecule has 0 heterocycles. The van der Waals surface area contributed by atoms with Gasteiger partial charge in [-0.3, -0.25) is 10.5 Å². The topological polar surface area (TPSA) is 59.3 Å². The van der Waals surface area contributed by atoms with Crippen LogP contribution in [0.15, 0.2) is 24.3 Å². The molecule has 1 aromatic carbocycles. The lowest BCUT2D eigenvalue weighted by atomic mass is 10.1. The number of amides is 1. The van der Waals surface area contributed by atoms with E-state index in [0.29, 0.717) is 12.4 Å². The maximum absolute atomic E-state index is 10.6. The van der Waals surface area contributed by atoms with Crippen molar-refractivity contribution in [3.63, 3.8) is 0 Å². The monoisotopic (exact) mass is 306 g/mol. The zero-order chi connectivity index (χ0) is 16.0. The molecule has 0 fully saturated rings. The highest BCUT2D eigenvalue weighted by Gasteiger charge is 2.00. The number of rotatable bonds is 13. The SMILES string of the molecule is CCCCCCCCCCOc1cccc(OCC([NH])=O)c1. The molecule has 0 saturated heterocycles. The van der Waals surface area contributed by atoms with Crippen molar-refractivity contribution < 1.29 is 14.3 Å². The third-order valence-electron chi connectivity index (χ3n) is 3.44. The highest BCUT2D eigenvalue weighted by Crippen LogP contribution is 2.19. The summed E-state index contributed by atoms with van der Waals surface area (Å²) < 4.78 is 10.9. The summed E-state index contributed by atoms with van der Waals surface area (Å²) in [6.45, 7) is 2.72. The quantitative estimate of drug-likeness (QED) is 0.508. The van der Waals surface area contributed by atoms with Crippen molar-refractivity contribution >= 4 is 5.91 Å². The van der Waals surface area contributed by atoms with Gasteiger partial charge >= 0.3 is 0 Å². The summed E-state index contributed by atoms with van der Waals surface area (Å²) >= 11 is 0. The zero-order valence-corrected chi connectivity index (χ0v) is 13.6. The van der Waals surface area contributed by atoms with Gasteiger partial charge in [0.2, 0.25) is 0 Å². The second-order valence-corrected chi connectivity index (χ2v) is 5.51. The molecule has 0 aliphatic heterocycles. The highest BCUT2D eigenvalue weighted by atomic mass is 16.5. The summed E-state index contributed by atoms with van der Waals surface area (Å²) in [4.78, 5) is 10.6. The first-order valence-corrected chi connectivity index (χ1v) is 8.32. The van der Waals surface area contributed by atoms with Gasteiger partial charge in [-0.05, 0) is 18.6 Å².